The normalized spacial score (nSPS) is 17.6. The van der Waals surface area contributed by atoms with Crippen LogP contribution in [-0.4, -0.2) is 27.1 Å². The van der Waals surface area contributed by atoms with E-state index in [2.05, 4.69) is 32.7 Å². The van der Waals surface area contributed by atoms with Crippen LogP contribution in [0.25, 0.3) is 10.9 Å². The molecule has 0 aliphatic heterocycles. The fraction of sp³-hybridized carbons (Fsp3) is 0.231. The van der Waals surface area contributed by atoms with Gasteiger partial charge in [-0.3, -0.25) is 14.6 Å². The second-order valence-corrected chi connectivity index (χ2v) is 9.33. The molecule has 172 valence electrons. The Hall–Kier alpha value is -3.78. The molecule has 0 saturated carbocycles. The molecule has 0 fully saturated rings. The number of H-pyrrole nitrogens is 1. The summed E-state index contributed by atoms with van der Waals surface area (Å²) in [5.41, 5.74) is 3.52. The van der Waals surface area contributed by atoms with Gasteiger partial charge in [-0.1, -0.05) is 41.7 Å². The van der Waals surface area contributed by atoms with Gasteiger partial charge in [-0.05, 0) is 56.2 Å². The van der Waals surface area contributed by atoms with Crippen LogP contribution in [0, 0.1) is 6.92 Å². The Morgan fingerprint density at radius 3 is 2.74 bits per heavy atom. The van der Waals surface area contributed by atoms with Crippen molar-refractivity contribution in [1.82, 2.24) is 20.5 Å². The second kappa shape index (κ2) is 9.61. The third-order valence-electron chi connectivity index (χ3n) is 5.96. The Labute approximate surface area is 200 Å². The molecule has 2 N–H and O–H groups in total. The van der Waals surface area contributed by atoms with E-state index in [0.29, 0.717) is 24.3 Å². The van der Waals surface area contributed by atoms with Crippen LogP contribution in [0.5, 0.6) is 5.75 Å². The quantitative estimate of drug-likeness (QED) is 0.403. The van der Waals surface area contributed by atoms with Gasteiger partial charge >= 0.3 is 4.87 Å². The topological polar surface area (TPSA) is 97.0 Å². The lowest BCUT2D eigenvalue weighted by atomic mass is 9.89. The number of benzene rings is 2. The van der Waals surface area contributed by atoms with E-state index < -0.39 is 0 Å². The van der Waals surface area contributed by atoms with E-state index in [1.165, 1.54) is 0 Å². The number of para-hydroxylation sites is 1. The molecule has 5 rings (SSSR count). The number of aromatic nitrogens is 3. The lowest BCUT2D eigenvalue weighted by Gasteiger charge is -2.27. The van der Waals surface area contributed by atoms with E-state index in [0.717, 1.165) is 44.9 Å². The summed E-state index contributed by atoms with van der Waals surface area (Å²) >= 11 is 1.10. The number of carbonyl (C=O) groups is 1. The number of ether oxygens (including phenoxy) is 1. The van der Waals surface area contributed by atoms with Gasteiger partial charge in [-0.15, -0.1) is 0 Å². The Kier molecular flexibility index (Phi) is 6.22. The number of allylic oxidation sites excluding steroid dienone is 1. The van der Waals surface area contributed by atoms with Crippen LogP contribution >= 0.6 is 11.3 Å². The predicted octanol–water partition coefficient (Wildman–Crippen LogP) is 4.50. The van der Waals surface area contributed by atoms with Gasteiger partial charge < -0.3 is 10.1 Å². The highest BCUT2D eigenvalue weighted by Crippen LogP contribution is 2.30. The number of fused-ring (bicyclic) bond motifs is 1. The van der Waals surface area contributed by atoms with E-state index in [4.69, 9.17) is 4.74 Å². The molecule has 2 aromatic heterocycles. The summed E-state index contributed by atoms with van der Waals surface area (Å²) < 4.78 is 6.01. The van der Waals surface area contributed by atoms with Crippen molar-refractivity contribution >= 4 is 28.1 Å². The fourth-order valence-electron chi connectivity index (χ4n) is 4.28. The van der Waals surface area contributed by atoms with Crippen LogP contribution in [-0.2, 0) is 6.61 Å². The molecule has 8 heteroatoms. The molecule has 4 aromatic rings. The number of carbonyl (C=O) groups excluding carboxylic acids is 1. The van der Waals surface area contributed by atoms with Crippen molar-refractivity contribution in [2.24, 2.45) is 0 Å². The molecule has 0 saturated heterocycles. The molecule has 2 heterocycles. The zero-order valence-corrected chi connectivity index (χ0v) is 19.5. The van der Waals surface area contributed by atoms with Crippen LogP contribution < -0.4 is 14.9 Å². The first-order chi connectivity index (χ1) is 16.6. The van der Waals surface area contributed by atoms with Gasteiger partial charge in [-0.2, -0.15) is 5.10 Å². The summed E-state index contributed by atoms with van der Waals surface area (Å²) in [6.07, 6.45) is 5.56. The molecule has 34 heavy (non-hydrogen) atoms. The van der Waals surface area contributed by atoms with Crippen LogP contribution in [0.4, 0.5) is 0 Å². The maximum Gasteiger partial charge on any atom is 0.322 e. The number of nitrogens with zero attached hydrogens (tertiary/aromatic N) is 2. The Morgan fingerprint density at radius 1 is 1.15 bits per heavy atom. The highest BCUT2D eigenvalue weighted by molar-refractivity contribution is 7.08. The third kappa shape index (κ3) is 4.77. The number of hydrogen-bond donors (Lipinski definition) is 2. The molecule has 0 spiro atoms. The van der Waals surface area contributed by atoms with Gasteiger partial charge in [-0.25, -0.2) is 5.10 Å². The number of hydrogen-bond acceptors (Lipinski definition) is 6. The van der Waals surface area contributed by atoms with Crippen LogP contribution in [0.2, 0.25) is 0 Å². The Balaban J connectivity index is 1.25. The highest BCUT2D eigenvalue weighted by atomic mass is 32.1. The molecule has 2 unspecified atom stereocenters. The first-order valence-electron chi connectivity index (χ1n) is 11.2. The Morgan fingerprint density at radius 2 is 1.94 bits per heavy atom. The average molecular weight is 473 g/mol. The minimum atomic E-state index is -0.180. The number of amides is 1. The van der Waals surface area contributed by atoms with Crippen molar-refractivity contribution in [2.45, 2.75) is 38.3 Å². The van der Waals surface area contributed by atoms with Crippen molar-refractivity contribution in [3.05, 3.63) is 98.2 Å². The van der Waals surface area contributed by atoms with Gasteiger partial charge in [0.25, 0.3) is 5.91 Å². The molecular weight excluding hydrogens is 448 g/mol. The van der Waals surface area contributed by atoms with Gasteiger partial charge in [0.15, 0.2) is 0 Å². The fourth-order valence-corrected chi connectivity index (χ4v) is 5.06. The van der Waals surface area contributed by atoms with E-state index in [-0.39, 0.29) is 22.7 Å². The lowest BCUT2D eigenvalue weighted by Crippen LogP contribution is -2.40. The van der Waals surface area contributed by atoms with Crippen LogP contribution in [0.15, 0.2) is 71.5 Å². The summed E-state index contributed by atoms with van der Waals surface area (Å²) in [5.74, 6) is 0.518. The lowest BCUT2D eigenvalue weighted by molar-refractivity contribution is 0.0930. The van der Waals surface area contributed by atoms with E-state index in [1.807, 2.05) is 49.4 Å². The summed E-state index contributed by atoms with van der Waals surface area (Å²) in [4.78, 5) is 28.8. The maximum atomic E-state index is 12.9. The van der Waals surface area contributed by atoms with Crippen LogP contribution in [0.3, 0.4) is 0 Å². The molecule has 2 aromatic carbocycles. The SMILES string of the molecule is Cc1cc(COc2ccc(C(=O)NC3CC=CCC3c3n[nH]c(=O)s3)cc2)c2ccccc2n1. The largest absolute Gasteiger partial charge is 0.489 e. The van der Waals surface area contributed by atoms with Crippen molar-refractivity contribution < 1.29 is 9.53 Å². The molecular formula is C26H24N4O3S. The maximum absolute atomic E-state index is 12.9. The first kappa shape index (κ1) is 22.0. The molecule has 2 atom stereocenters. The molecule has 7 nitrogen and oxygen atoms in total. The number of rotatable bonds is 6. The number of nitrogens with one attached hydrogen (secondary N) is 2. The number of aromatic amines is 1. The van der Waals surface area contributed by atoms with E-state index >= 15 is 0 Å². The van der Waals surface area contributed by atoms with Gasteiger partial charge in [0.05, 0.1) is 5.52 Å². The predicted molar refractivity (Wildman–Crippen MR) is 132 cm³/mol. The van der Waals surface area contributed by atoms with Crippen molar-refractivity contribution in [3.63, 3.8) is 0 Å². The minimum Gasteiger partial charge on any atom is -0.489 e. The van der Waals surface area contributed by atoms with Gasteiger partial charge in [0, 0.05) is 34.2 Å². The van der Waals surface area contributed by atoms with E-state index in [1.54, 1.807) is 12.1 Å². The third-order valence-corrected chi connectivity index (χ3v) is 6.84. The van der Waals surface area contributed by atoms with Crippen LogP contribution in [0.1, 0.15) is 45.4 Å². The zero-order valence-electron chi connectivity index (χ0n) is 18.7. The first-order valence-corrected chi connectivity index (χ1v) is 12.0. The summed E-state index contributed by atoms with van der Waals surface area (Å²) in [6.45, 7) is 2.39. The molecule has 0 bridgehead atoms. The molecule has 1 amide bonds. The summed E-state index contributed by atoms with van der Waals surface area (Å²) in [6, 6.07) is 17.1. The number of aryl methyl sites for hydroxylation is 1. The smallest absolute Gasteiger partial charge is 0.322 e. The molecule has 0 radical (unpaired) electrons. The van der Waals surface area contributed by atoms with Gasteiger partial charge in [0.1, 0.15) is 17.4 Å². The van der Waals surface area contributed by atoms with Gasteiger partial charge in [0.2, 0.25) is 0 Å². The summed E-state index contributed by atoms with van der Waals surface area (Å²) in [7, 11) is 0. The molecule has 1 aliphatic carbocycles. The Bertz CT molecular complexity index is 1410. The number of pyridine rings is 1. The average Bonchev–Trinajstić information content (AvgIpc) is 3.29. The van der Waals surface area contributed by atoms with Crippen molar-refractivity contribution in [1.29, 1.82) is 0 Å². The monoisotopic (exact) mass is 472 g/mol. The van der Waals surface area contributed by atoms with Crippen molar-refractivity contribution in [3.8, 4) is 5.75 Å². The standard InChI is InChI=1S/C26H24N4O3S/c1-16-14-18(20-6-2-4-8-22(20)27-16)15-33-19-12-10-17(11-13-19)24(31)28-23-9-5-3-7-21(23)25-29-30-26(32)34-25/h2-6,8,10-14,21,23H,7,9,15H2,1H3,(H,28,31)(H,30,32). The van der Waals surface area contributed by atoms with Crippen molar-refractivity contribution in [2.75, 3.05) is 0 Å². The summed E-state index contributed by atoms with van der Waals surface area (Å²) in [5, 5.41) is 11.5. The second-order valence-electron chi connectivity index (χ2n) is 8.33. The highest BCUT2D eigenvalue weighted by Gasteiger charge is 2.28. The van der Waals surface area contributed by atoms with E-state index in [9.17, 15) is 9.59 Å². The minimum absolute atomic E-state index is 0.0147. The zero-order chi connectivity index (χ0) is 23.5. The molecule has 1 aliphatic rings.